The summed E-state index contributed by atoms with van der Waals surface area (Å²) < 4.78 is 53.2. The second-order valence-electron chi connectivity index (χ2n) is 8.50. The zero-order valence-electron chi connectivity index (χ0n) is 19.1. The van der Waals surface area contributed by atoms with Crippen molar-refractivity contribution in [1.29, 1.82) is 0 Å². The maximum atomic E-state index is 13.5. The van der Waals surface area contributed by atoms with Gasteiger partial charge in [-0.05, 0) is 48.6 Å². The molecule has 3 heterocycles. The SMILES string of the molecule is CC(C)CCn1c(=O)c(C2=NS(=O)(=O)c3cc(CCNS(=O)O)ccc3N2)c(O)c2cccnc21. The van der Waals surface area contributed by atoms with Crippen LogP contribution in [-0.2, 0) is 34.3 Å². The van der Waals surface area contributed by atoms with Crippen molar-refractivity contribution in [1.82, 2.24) is 14.3 Å². The predicted octanol–water partition coefficient (Wildman–Crippen LogP) is 1.98. The molecule has 3 aromatic rings. The van der Waals surface area contributed by atoms with E-state index in [1.165, 1.54) is 22.9 Å². The second kappa shape index (κ2) is 9.85. The van der Waals surface area contributed by atoms with Gasteiger partial charge in [0.15, 0.2) is 5.84 Å². The molecule has 0 amide bonds. The van der Waals surface area contributed by atoms with Crippen molar-refractivity contribution in [3.05, 3.63) is 58.0 Å². The first-order valence-electron chi connectivity index (χ1n) is 10.9. The third-order valence-corrected chi connectivity index (χ3v) is 7.36. The highest BCUT2D eigenvalue weighted by molar-refractivity contribution is 7.90. The summed E-state index contributed by atoms with van der Waals surface area (Å²) >= 11 is -2.17. The molecule has 1 aliphatic rings. The standard InChI is InChI=1S/C22H25N5O6S2/c1-13(2)8-11-27-21-15(4-3-9-23-21)19(28)18(22(27)29)20-25-16-6-5-14(7-10-24-34(30)31)12-17(16)35(32,33)26-20/h3-6,9,12-13,24,28H,7-8,10-11H2,1-2H3,(H,25,26)(H,30,31). The average molecular weight is 520 g/mol. The molecule has 0 saturated heterocycles. The lowest BCUT2D eigenvalue weighted by Crippen LogP contribution is -2.33. The quantitative estimate of drug-likeness (QED) is 0.328. The van der Waals surface area contributed by atoms with Crippen LogP contribution >= 0.6 is 0 Å². The van der Waals surface area contributed by atoms with E-state index >= 15 is 0 Å². The summed E-state index contributed by atoms with van der Waals surface area (Å²) in [5, 5.41) is 14.2. The molecule has 13 heteroatoms. The molecule has 0 spiro atoms. The van der Waals surface area contributed by atoms with Crippen LogP contribution in [0.4, 0.5) is 5.69 Å². The van der Waals surface area contributed by atoms with Crippen molar-refractivity contribution in [2.45, 2.75) is 38.1 Å². The number of nitrogens with one attached hydrogen (secondary N) is 2. The van der Waals surface area contributed by atoms with Crippen molar-refractivity contribution in [2.24, 2.45) is 10.3 Å². The van der Waals surface area contributed by atoms with Gasteiger partial charge in [0.05, 0.1) is 11.1 Å². The number of aryl methyl sites for hydroxylation is 1. The number of amidine groups is 1. The zero-order valence-corrected chi connectivity index (χ0v) is 20.7. The van der Waals surface area contributed by atoms with Crippen LogP contribution in [0.25, 0.3) is 11.0 Å². The molecular formula is C22H25N5O6S2. The predicted molar refractivity (Wildman–Crippen MR) is 133 cm³/mol. The minimum Gasteiger partial charge on any atom is -0.506 e. The van der Waals surface area contributed by atoms with Crippen LogP contribution in [0, 0.1) is 5.92 Å². The van der Waals surface area contributed by atoms with E-state index in [0.29, 0.717) is 41.9 Å². The number of benzene rings is 1. The maximum Gasteiger partial charge on any atom is 0.286 e. The van der Waals surface area contributed by atoms with Gasteiger partial charge in [0.25, 0.3) is 15.6 Å². The molecule has 0 bridgehead atoms. The number of aromatic nitrogens is 2. The third kappa shape index (κ3) is 5.12. The van der Waals surface area contributed by atoms with E-state index < -0.39 is 32.6 Å². The van der Waals surface area contributed by atoms with E-state index in [4.69, 9.17) is 4.55 Å². The Morgan fingerprint density at radius 2 is 2.03 bits per heavy atom. The minimum absolute atomic E-state index is 0.0917. The molecule has 4 N–H and O–H groups in total. The van der Waals surface area contributed by atoms with Gasteiger partial charge in [0, 0.05) is 19.3 Å². The van der Waals surface area contributed by atoms with Gasteiger partial charge in [-0.2, -0.15) is 8.42 Å². The molecule has 1 unspecified atom stereocenters. The normalized spacial score (nSPS) is 15.5. The number of rotatable bonds is 8. The summed E-state index contributed by atoms with van der Waals surface area (Å²) in [7, 11) is -4.21. The molecule has 1 atom stereocenters. The monoisotopic (exact) mass is 519 g/mol. The van der Waals surface area contributed by atoms with E-state index in [9.17, 15) is 22.5 Å². The Balaban J connectivity index is 1.80. The summed E-state index contributed by atoms with van der Waals surface area (Å²) in [4.78, 5) is 17.6. The number of hydrogen-bond donors (Lipinski definition) is 4. The van der Waals surface area contributed by atoms with Crippen molar-refractivity contribution >= 4 is 43.8 Å². The molecule has 4 rings (SSSR count). The Labute approximate surface area is 204 Å². The molecule has 2 aromatic heterocycles. The van der Waals surface area contributed by atoms with Gasteiger partial charge >= 0.3 is 0 Å². The van der Waals surface area contributed by atoms with Crippen LogP contribution < -0.4 is 15.6 Å². The first-order valence-corrected chi connectivity index (χ1v) is 13.4. The molecule has 1 aliphatic heterocycles. The Hall–Kier alpha value is -3.13. The highest BCUT2D eigenvalue weighted by Crippen LogP contribution is 2.32. The Kier molecular flexibility index (Phi) is 7.03. The average Bonchev–Trinajstić information content (AvgIpc) is 2.78. The summed E-state index contributed by atoms with van der Waals surface area (Å²) in [6, 6.07) is 7.85. The van der Waals surface area contributed by atoms with E-state index in [1.807, 2.05) is 13.8 Å². The van der Waals surface area contributed by atoms with E-state index in [2.05, 4.69) is 19.4 Å². The second-order valence-corrected chi connectivity index (χ2v) is 10.9. The van der Waals surface area contributed by atoms with Gasteiger partial charge in [-0.25, -0.2) is 13.9 Å². The van der Waals surface area contributed by atoms with Gasteiger partial charge in [0.1, 0.15) is 21.9 Å². The van der Waals surface area contributed by atoms with Crippen molar-refractivity contribution < 1.29 is 22.3 Å². The summed E-state index contributed by atoms with van der Waals surface area (Å²) in [5.41, 5.74) is 0.278. The molecule has 35 heavy (non-hydrogen) atoms. The summed E-state index contributed by atoms with van der Waals surface area (Å²) in [5.74, 6) is -0.366. The fourth-order valence-corrected chi connectivity index (χ4v) is 5.27. The van der Waals surface area contributed by atoms with E-state index in [1.54, 1.807) is 18.2 Å². The van der Waals surface area contributed by atoms with Crippen LogP contribution in [-0.4, -0.2) is 44.2 Å². The van der Waals surface area contributed by atoms with Gasteiger partial charge in [0.2, 0.25) is 11.3 Å². The van der Waals surface area contributed by atoms with Crippen molar-refractivity contribution in [2.75, 3.05) is 11.9 Å². The van der Waals surface area contributed by atoms with Crippen molar-refractivity contribution in [3.63, 3.8) is 0 Å². The number of pyridine rings is 2. The maximum absolute atomic E-state index is 13.5. The Morgan fingerprint density at radius 1 is 1.26 bits per heavy atom. The van der Waals surface area contributed by atoms with Crippen LogP contribution in [0.15, 0.2) is 50.6 Å². The molecule has 0 aliphatic carbocycles. The lowest BCUT2D eigenvalue weighted by molar-refractivity contribution is 0.473. The number of hydrogen-bond acceptors (Lipinski definition) is 7. The smallest absolute Gasteiger partial charge is 0.286 e. The molecule has 1 aromatic carbocycles. The number of anilines is 1. The molecule has 11 nitrogen and oxygen atoms in total. The first kappa shape index (κ1) is 25.0. The van der Waals surface area contributed by atoms with Crippen LogP contribution in [0.3, 0.4) is 0 Å². The van der Waals surface area contributed by atoms with Gasteiger partial charge in [-0.1, -0.05) is 19.9 Å². The van der Waals surface area contributed by atoms with Crippen LogP contribution in [0.1, 0.15) is 31.4 Å². The van der Waals surface area contributed by atoms with Crippen LogP contribution in [0.5, 0.6) is 5.75 Å². The number of sulfonamides is 1. The molecular weight excluding hydrogens is 494 g/mol. The topological polar surface area (TPSA) is 163 Å². The third-order valence-electron chi connectivity index (χ3n) is 5.59. The molecule has 0 saturated carbocycles. The van der Waals surface area contributed by atoms with Crippen LogP contribution in [0.2, 0.25) is 0 Å². The lowest BCUT2D eigenvalue weighted by atomic mass is 10.1. The van der Waals surface area contributed by atoms with E-state index in [-0.39, 0.29) is 28.5 Å². The van der Waals surface area contributed by atoms with Gasteiger partial charge in [-0.3, -0.25) is 13.9 Å². The minimum atomic E-state index is -4.21. The van der Waals surface area contributed by atoms with Gasteiger partial charge < -0.3 is 10.4 Å². The largest absolute Gasteiger partial charge is 0.506 e. The van der Waals surface area contributed by atoms with Crippen molar-refractivity contribution in [3.8, 4) is 5.75 Å². The van der Waals surface area contributed by atoms with E-state index in [0.717, 1.165) is 0 Å². The Morgan fingerprint density at radius 3 is 2.74 bits per heavy atom. The first-order chi connectivity index (χ1) is 16.6. The highest BCUT2D eigenvalue weighted by atomic mass is 32.2. The molecule has 0 radical (unpaired) electrons. The molecule has 186 valence electrons. The summed E-state index contributed by atoms with van der Waals surface area (Å²) in [6.45, 7) is 4.54. The number of nitrogens with zero attached hydrogens (tertiary/aromatic N) is 3. The summed E-state index contributed by atoms with van der Waals surface area (Å²) in [6.07, 6.45) is 2.51. The highest BCUT2D eigenvalue weighted by Gasteiger charge is 2.30. The Bertz CT molecular complexity index is 1510. The number of fused-ring (bicyclic) bond motifs is 2. The number of aromatic hydroxyl groups is 1. The molecule has 0 fully saturated rings. The lowest BCUT2D eigenvalue weighted by Gasteiger charge is -2.21. The van der Waals surface area contributed by atoms with Gasteiger partial charge in [-0.15, -0.1) is 4.40 Å². The fraction of sp³-hybridized carbons (Fsp3) is 0.318. The fourth-order valence-electron chi connectivity index (χ4n) is 3.82. The zero-order chi connectivity index (χ0) is 25.3.